The van der Waals surface area contributed by atoms with Gasteiger partial charge in [-0.05, 0) is 45.1 Å². The van der Waals surface area contributed by atoms with Crippen LogP contribution in [0.3, 0.4) is 0 Å². The third-order valence-corrected chi connectivity index (χ3v) is 4.46. The summed E-state index contributed by atoms with van der Waals surface area (Å²) in [6.45, 7) is 8.89. The summed E-state index contributed by atoms with van der Waals surface area (Å²) in [6, 6.07) is 0. The molecule has 2 saturated heterocycles. The van der Waals surface area contributed by atoms with E-state index in [1.807, 2.05) is 0 Å². The van der Waals surface area contributed by atoms with Crippen LogP contribution in [-0.4, -0.2) is 37.9 Å². The lowest BCUT2D eigenvalue weighted by atomic mass is 9.91. The summed E-state index contributed by atoms with van der Waals surface area (Å²) < 4.78 is 5.60. The molecule has 100 valence electrons. The molecule has 2 heterocycles. The molecule has 3 nitrogen and oxygen atoms in total. The predicted octanol–water partition coefficient (Wildman–Crippen LogP) is 1.92. The van der Waals surface area contributed by atoms with Crippen molar-refractivity contribution in [2.24, 2.45) is 5.92 Å². The second-order valence-corrected chi connectivity index (χ2v) is 5.82. The molecule has 0 aromatic carbocycles. The lowest BCUT2D eigenvalue weighted by molar-refractivity contribution is 0.105. The quantitative estimate of drug-likeness (QED) is 0.744. The van der Waals surface area contributed by atoms with E-state index in [9.17, 15) is 0 Å². The molecular formula is C14H28N2O. The highest BCUT2D eigenvalue weighted by atomic mass is 16.5. The zero-order valence-corrected chi connectivity index (χ0v) is 11.4. The molecule has 0 saturated carbocycles. The van der Waals surface area contributed by atoms with Crippen molar-refractivity contribution >= 4 is 0 Å². The van der Waals surface area contributed by atoms with E-state index in [2.05, 4.69) is 24.5 Å². The molecule has 3 unspecified atom stereocenters. The molecule has 3 heteroatoms. The fourth-order valence-electron chi connectivity index (χ4n) is 3.34. The second kappa shape index (κ2) is 6.17. The van der Waals surface area contributed by atoms with Crippen molar-refractivity contribution < 1.29 is 4.74 Å². The fraction of sp³-hybridized carbons (Fsp3) is 1.00. The van der Waals surface area contributed by atoms with Gasteiger partial charge in [-0.15, -0.1) is 0 Å². The van der Waals surface area contributed by atoms with E-state index in [0.29, 0.717) is 11.6 Å². The van der Waals surface area contributed by atoms with E-state index in [0.717, 1.165) is 25.6 Å². The molecule has 0 aliphatic carbocycles. The Balaban J connectivity index is 1.72. The van der Waals surface area contributed by atoms with E-state index >= 15 is 0 Å². The maximum absolute atomic E-state index is 5.60. The molecule has 2 aliphatic heterocycles. The standard InChI is InChI=1S/C14H28N2O/c1-3-6-14(7-4-8-16-14)11-15-10-13-5-9-17-12(13)2/h12-13,15-16H,3-11H2,1-2H3. The first-order valence-corrected chi connectivity index (χ1v) is 7.33. The zero-order valence-electron chi connectivity index (χ0n) is 11.4. The van der Waals surface area contributed by atoms with Gasteiger partial charge in [0.1, 0.15) is 0 Å². The average molecular weight is 240 g/mol. The van der Waals surface area contributed by atoms with Gasteiger partial charge in [0, 0.05) is 25.2 Å². The maximum atomic E-state index is 5.60. The van der Waals surface area contributed by atoms with Gasteiger partial charge in [0.2, 0.25) is 0 Å². The summed E-state index contributed by atoms with van der Waals surface area (Å²) in [5.74, 6) is 0.718. The zero-order chi connectivity index (χ0) is 12.1. The summed E-state index contributed by atoms with van der Waals surface area (Å²) in [7, 11) is 0. The average Bonchev–Trinajstić information content (AvgIpc) is 2.91. The Bertz CT molecular complexity index is 226. The van der Waals surface area contributed by atoms with Crippen molar-refractivity contribution in [2.75, 3.05) is 26.2 Å². The summed E-state index contributed by atoms with van der Waals surface area (Å²) in [5.41, 5.74) is 0.386. The Labute approximate surface area is 106 Å². The third kappa shape index (κ3) is 3.43. The highest BCUT2D eigenvalue weighted by Crippen LogP contribution is 2.24. The van der Waals surface area contributed by atoms with Crippen molar-refractivity contribution in [2.45, 2.75) is 57.6 Å². The predicted molar refractivity (Wildman–Crippen MR) is 71.3 cm³/mol. The van der Waals surface area contributed by atoms with Crippen molar-refractivity contribution in [3.63, 3.8) is 0 Å². The molecule has 17 heavy (non-hydrogen) atoms. The molecule has 2 rings (SSSR count). The highest BCUT2D eigenvalue weighted by molar-refractivity contribution is 4.94. The van der Waals surface area contributed by atoms with Crippen LogP contribution in [0.25, 0.3) is 0 Å². The van der Waals surface area contributed by atoms with Crippen LogP contribution in [0.4, 0.5) is 0 Å². The van der Waals surface area contributed by atoms with Crippen LogP contribution in [0.15, 0.2) is 0 Å². The minimum atomic E-state index is 0.386. The van der Waals surface area contributed by atoms with Gasteiger partial charge in [-0.25, -0.2) is 0 Å². The van der Waals surface area contributed by atoms with Crippen LogP contribution < -0.4 is 10.6 Å². The van der Waals surface area contributed by atoms with Gasteiger partial charge in [0.15, 0.2) is 0 Å². The summed E-state index contributed by atoms with van der Waals surface area (Å²) in [5, 5.41) is 7.40. The van der Waals surface area contributed by atoms with E-state index in [-0.39, 0.29) is 0 Å². The number of hydrogen-bond acceptors (Lipinski definition) is 3. The second-order valence-electron chi connectivity index (χ2n) is 5.82. The summed E-state index contributed by atoms with van der Waals surface area (Å²) in [4.78, 5) is 0. The van der Waals surface area contributed by atoms with E-state index in [1.165, 1.54) is 38.6 Å². The molecule has 0 aromatic heterocycles. The Morgan fingerprint density at radius 2 is 2.35 bits per heavy atom. The van der Waals surface area contributed by atoms with Crippen molar-refractivity contribution in [3.05, 3.63) is 0 Å². The molecular weight excluding hydrogens is 212 g/mol. The van der Waals surface area contributed by atoms with Crippen molar-refractivity contribution in [1.82, 2.24) is 10.6 Å². The molecule has 0 radical (unpaired) electrons. The lowest BCUT2D eigenvalue weighted by Gasteiger charge is -2.30. The summed E-state index contributed by atoms with van der Waals surface area (Å²) >= 11 is 0. The van der Waals surface area contributed by atoms with Gasteiger partial charge in [-0.2, -0.15) is 0 Å². The van der Waals surface area contributed by atoms with Crippen LogP contribution in [0.5, 0.6) is 0 Å². The fourth-order valence-corrected chi connectivity index (χ4v) is 3.34. The number of nitrogens with one attached hydrogen (secondary N) is 2. The number of hydrogen-bond donors (Lipinski definition) is 2. The molecule has 2 N–H and O–H groups in total. The first-order chi connectivity index (χ1) is 8.26. The van der Waals surface area contributed by atoms with Gasteiger partial charge in [-0.3, -0.25) is 0 Å². The van der Waals surface area contributed by atoms with Gasteiger partial charge < -0.3 is 15.4 Å². The highest BCUT2D eigenvalue weighted by Gasteiger charge is 2.32. The number of rotatable bonds is 6. The van der Waals surface area contributed by atoms with Crippen LogP contribution in [0.1, 0.15) is 46.0 Å². The lowest BCUT2D eigenvalue weighted by Crippen LogP contribution is -2.49. The first-order valence-electron chi connectivity index (χ1n) is 7.33. The topological polar surface area (TPSA) is 33.3 Å². The molecule has 3 atom stereocenters. The third-order valence-electron chi connectivity index (χ3n) is 4.46. The molecule has 2 aliphatic rings. The monoisotopic (exact) mass is 240 g/mol. The van der Waals surface area contributed by atoms with Crippen LogP contribution >= 0.6 is 0 Å². The first kappa shape index (κ1) is 13.3. The molecule has 2 fully saturated rings. The largest absolute Gasteiger partial charge is 0.378 e. The Hall–Kier alpha value is -0.120. The van der Waals surface area contributed by atoms with Crippen molar-refractivity contribution in [3.8, 4) is 0 Å². The van der Waals surface area contributed by atoms with Crippen LogP contribution in [0.2, 0.25) is 0 Å². The Morgan fingerprint density at radius 1 is 1.47 bits per heavy atom. The smallest absolute Gasteiger partial charge is 0.0588 e. The summed E-state index contributed by atoms with van der Waals surface area (Å²) in [6.07, 6.45) is 6.92. The molecule has 0 amide bonds. The number of ether oxygens (including phenoxy) is 1. The van der Waals surface area contributed by atoms with E-state index < -0.39 is 0 Å². The Kier molecular flexibility index (Phi) is 4.83. The Morgan fingerprint density at radius 3 is 2.94 bits per heavy atom. The van der Waals surface area contributed by atoms with Gasteiger partial charge >= 0.3 is 0 Å². The normalized spacial score (nSPS) is 37.8. The molecule has 0 spiro atoms. The van der Waals surface area contributed by atoms with Gasteiger partial charge in [0.25, 0.3) is 0 Å². The van der Waals surface area contributed by atoms with E-state index in [1.54, 1.807) is 0 Å². The van der Waals surface area contributed by atoms with Crippen LogP contribution in [-0.2, 0) is 4.74 Å². The minimum absolute atomic E-state index is 0.386. The maximum Gasteiger partial charge on any atom is 0.0588 e. The van der Waals surface area contributed by atoms with Crippen molar-refractivity contribution in [1.29, 1.82) is 0 Å². The van der Waals surface area contributed by atoms with Gasteiger partial charge in [-0.1, -0.05) is 13.3 Å². The van der Waals surface area contributed by atoms with Crippen LogP contribution in [0, 0.1) is 5.92 Å². The van der Waals surface area contributed by atoms with Gasteiger partial charge in [0.05, 0.1) is 6.10 Å². The molecule has 0 aromatic rings. The molecule has 0 bridgehead atoms. The minimum Gasteiger partial charge on any atom is -0.378 e. The van der Waals surface area contributed by atoms with E-state index in [4.69, 9.17) is 4.74 Å². The SMILES string of the molecule is CCCC1(CNCC2CCOC2C)CCCN1.